The average Bonchev–Trinajstić information content (AvgIpc) is 3.23. The molecule has 31 heavy (non-hydrogen) atoms. The van der Waals surface area contributed by atoms with Gasteiger partial charge < -0.3 is 19.1 Å². The van der Waals surface area contributed by atoms with Crippen molar-refractivity contribution in [1.82, 2.24) is 0 Å². The van der Waals surface area contributed by atoms with Crippen molar-refractivity contribution < 1.29 is 27.4 Å². The molecule has 0 N–H and O–H groups in total. The SMILES string of the molecule is COc1ccc(N2C(=NC(=O)c3ccc(OC)c(OC)c3)S[C@H]3CS(=O)(=O)C[C@@H]32)cc1. The highest BCUT2D eigenvalue weighted by Gasteiger charge is 2.49. The minimum absolute atomic E-state index is 0.0280. The van der Waals surface area contributed by atoms with Gasteiger partial charge in [-0.1, -0.05) is 11.8 Å². The smallest absolute Gasteiger partial charge is 0.279 e. The van der Waals surface area contributed by atoms with Crippen LogP contribution in [0.25, 0.3) is 0 Å². The van der Waals surface area contributed by atoms with Crippen LogP contribution in [0.3, 0.4) is 0 Å². The highest BCUT2D eigenvalue weighted by molar-refractivity contribution is 8.16. The van der Waals surface area contributed by atoms with Crippen LogP contribution in [-0.4, -0.2) is 63.6 Å². The first-order chi connectivity index (χ1) is 14.8. The zero-order chi connectivity index (χ0) is 22.2. The Morgan fingerprint density at radius 1 is 1.00 bits per heavy atom. The van der Waals surface area contributed by atoms with Crippen LogP contribution in [0.15, 0.2) is 47.5 Å². The number of methoxy groups -OCH3 is 3. The second-order valence-electron chi connectivity index (χ2n) is 7.14. The van der Waals surface area contributed by atoms with Crippen molar-refractivity contribution >= 4 is 38.4 Å². The first-order valence-corrected chi connectivity index (χ1v) is 12.2. The number of sulfone groups is 1. The summed E-state index contributed by atoms with van der Waals surface area (Å²) in [6.07, 6.45) is 0. The van der Waals surface area contributed by atoms with Crippen LogP contribution in [0.1, 0.15) is 10.4 Å². The fourth-order valence-corrected chi connectivity index (χ4v) is 7.64. The number of nitrogens with zero attached hydrogens (tertiary/aromatic N) is 2. The van der Waals surface area contributed by atoms with E-state index in [1.807, 2.05) is 17.0 Å². The number of aliphatic imine (C=N–C) groups is 1. The molecule has 2 aliphatic rings. The van der Waals surface area contributed by atoms with Gasteiger partial charge in [-0.05, 0) is 42.5 Å². The topological polar surface area (TPSA) is 94.5 Å². The highest BCUT2D eigenvalue weighted by atomic mass is 32.2. The lowest BCUT2D eigenvalue weighted by atomic mass is 10.2. The summed E-state index contributed by atoms with van der Waals surface area (Å²) in [4.78, 5) is 19.1. The van der Waals surface area contributed by atoms with Gasteiger partial charge in [-0.2, -0.15) is 4.99 Å². The van der Waals surface area contributed by atoms with Gasteiger partial charge in [0.15, 0.2) is 26.5 Å². The first kappa shape index (κ1) is 21.5. The predicted octanol–water partition coefficient (Wildman–Crippen LogP) is 2.63. The zero-order valence-corrected chi connectivity index (χ0v) is 18.9. The number of amides is 1. The number of hydrogen-bond acceptors (Lipinski definition) is 7. The summed E-state index contributed by atoms with van der Waals surface area (Å²) in [5.41, 5.74) is 1.11. The molecular formula is C21H22N2O6S2. The Bertz CT molecular complexity index is 1130. The summed E-state index contributed by atoms with van der Waals surface area (Å²) >= 11 is 1.33. The van der Waals surface area contributed by atoms with E-state index in [-0.39, 0.29) is 22.8 Å². The first-order valence-electron chi connectivity index (χ1n) is 9.50. The maximum Gasteiger partial charge on any atom is 0.279 e. The lowest BCUT2D eigenvalue weighted by Gasteiger charge is -2.24. The number of rotatable bonds is 5. The Hall–Kier alpha value is -2.72. The summed E-state index contributed by atoms with van der Waals surface area (Å²) in [6, 6.07) is 11.8. The molecule has 2 saturated heterocycles. The minimum Gasteiger partial charge on any atom is -0.497 e. The van der Waals surface area contributed by atoms with Gasteiger partial charge in [0.25, 0.3) is 5.91 Å². The van der Waals surface area contributed by atoms with Crippen molar-refractivity contribution in [3.8, 4) is 17.2 Å². The molecule has 2 fully saturated rings. The molecular weight excluding hydrogens is 440 g/mol. The lowest BCUT2D eigenvalue weighted by molar-refractivity contribution is 0.100. The molecule has 1 amide bonds. The van der Waals surface area contributed by atoms with E-state index in [4.69, 9.17) is 14.2 Å². The molecule has 8 nitrogen and oxygen atoms in total. The maximum absolute atomic E-state index is 12.9. The lowest BCUT2D eigenvalue weighted by Crippen LogP contribution is -2.37. The number of anilines is 1. The van der Waals surface area contributed by atoms with Crippen molar-refractivity contribution in [3.63, 3.8) is 0 Å². The van der Waals surface area contributed by atoms with Crippen LogP contribution in [0, 0.1) is 0 Å². The van der Waals surface area contributed by atoms with Crippen LogP contribution in [-0.2, 0) is 9.84 Å². The van der Waals surface area contributed by atoms with Gasteiger partial charge in [0.2, 0.25) is 0 Å². The van der Waals surface area contributed by atoms with Gasteiger partial charge in [0.1, 0.15) is 5.75 Å². The van der Waals surface area contributed by atoms with E-state index >= 15 is 0 Å². The average molecular weight is 463 g/mol. The number of benzene rings is 2. The number of ether oxygens (including phenoxy) is 3. The molecule has 0 spiro atoms. The summed E-state index contributed by atoms with van der Waals surface area (Å²) in [5.74, 6) is 1.29. The van der Waals surface area contributed by atoms with E-state index in [1.165, 1.54) is 26.0 Å². The van der Waals surface area contributed by atoms with E-state index in [0.29, 0.717) is 28.0 Å². The van der Waals surface area contributed by atoms with E-state index in [9.17, 15) is 13.2 Å². The monoisotopic (exact) mass is 462 g/mol. The zero-order valence-electron chi connectivity index (χ0n) is 17.3. The number of fused-ring (bicyclic) bond motifs is 1. The van der Waals surface area contributed by atoms with Crippen molar-refractivity contribution in [2.75, 3.05) is 37.7 Å². The third kappa shape index (κ3) is 4.22. The van der Waals surface area contributed by atoms with Crippen LogP contribution < -0.4 is 19.1 Å². The number of carbonyl (C=O) groups is 1. The Morgan fingerprint density at radius 2 is 1.71 bits per heavy atom. The molecule has 0 saturated carbocycles. The normalized spacial score (nSPS) is 22.9. The van der Waals surface area contributed by atoms with Crippen molar-refractivity contribution in [3.05, 3.63) is 48.0 Å². The molecule has 0 unspecified atom stereocenters. The summed E-state index contributed by atoms with van der Waals surface area (Å²) in [5, 5.41) is 0.305. The second-order valence-corrected chi connectivity index (χ2v) is 10.5. The Balaban J connectivity index is 1.70. The van der Waals surface area contributed by atoms with Gasteiger partial charge in [-0.15, -0.1) is 0 Å². The third-order valence-corrected chi connectivity index (χ3v) is 8.45. The highest BCUT2D eigenvalue weighted by Crippen LogP contribution is 2.41. The van der Waals surface area contributed by atoms with E-state index in [2.05, 4.69) is 4.99 Å². The van der Waals surface area contributed by atoms with Gasteiger partial charge in [-0.3, -0.25) is 4.79 Å². The molecule has 2 aromatic rings. The van der Waals surface area contributed by atoms with Gasteiger partial charge >= 0.3 is 0 Å². The standard InChI is InChI=1S/C21H22N2O6S2/c1-27-15-7-5-14(6-8-15)23-16-11-31(25,26)12-19(16)30-21(23)22-20(24)13-4-9-17(28-2)18(10-13)29-3/h4-10,16,19H,11-12H2,1-3H3/t16-,19-/m0/s1. The van der Waals surface area contributed by atoms with Gasteiger partial charge in [0, 0.05) is 16.5 Å². The molecule has 0 aliphatic carbocycles. The Morgan fingerprint density at radius 3 is 2.35 bits per heavy atom. The third-order valence-electron chi connectivity index (χ3n) is 5.24. The maximum atomic E-state index is 12.9. The van der Waals surface area contributed by atoms with Crippen molar-refractivity contribution in [2.45, 2.75) is 11.3 Å². The number of carbonyl (C=O) groups excluding carboxylic acids is 1. The Kier molecular flexibility index (Phi) is 5.85. The molecule has 164 valence electrons. The summed E-state index contributed by atoms with van der Waals surface area (Å²) < 4.78 is 40.1. The Labute approximate surface area is 185 Å². The molecule has 2 atom stereocenters. The van der Waals surface area contributed by atoms with Crippen molar-refractivity contribution in [2.24, 2.45) is 4.99 Å². The molecule has 0 aromatic heterocycles. The molecule has 2 aliphatic heterocycles. The molecule has 0 bridgehead atoms. The fourth-order valence-electron chi connectivity index (χ4n) is 3.73. The second kappa shape index (κ2) is 8.43. The molecule has 4 rings (SSSR count). The van der Waals surface area contributed by atoms with Crippen LogP contribution in [0.2, 0.25) is 0 Å². The van der Waals surface area contributed by atoms with Gasteiger partial charge in [-0.25, -0.2) is 8.42 Å². The van der Waals surface area contributed by atoms with Gasteiger partial charge in [0.05, 0.1) is 38.9 Å². The molecule has 2 aromatic carbocycles. The molecule has 0 radical (unpaired) electrons. The van der Waals surface area contributed by atoms with E-state index < -0.39 is 15.7 Å². The summed E-state index contributed by atoms with van der Waals surface area (Å²) in [7, 11) is 1.46. The van der Waals surface area contributed by atoms with E-state index in [0.717, 1.165) is 5.69 Å². The number of thioether (sulfide) groups is 1. The quantitative estimate of drug-likeness (QED) is 0.669. The van der Waals surface area contributed by atoms with E-state index in [1.54, 1.807) is 37.4 Å². The predicted molar refractivity (Wildman–Crippen MR) is 121 cm³/mol. The largest absolute Gasteiger partial charge is 0.497 e. The van der Waals surface area contributed by atoms with Crippen LogP contribution in [0.4, 0.5) is 5.69 Å². The molecule has 10 heteroatoms. The van der Waals surface area contributed by atoms with Crippen LogP contribution >= 0.6 is 11.8 Å². The summed E-state index contributed by atoms with van der Waals surface area (Å²) in [6.45, 7) is 0. The number of amidine groups is 1. The minimum atomic E-state index is -3.14. The molecule has 2 heterocycles. The van der Waals surface area contributed by atoms with Crippen LogP contribution in [0.5, 0.6) is 17.2 Å². The number of hydrogen-bond donors (Lipinski definition) is 0. The fraction of sp³-hybridized carbons (Fsp3) is 0.333. The van der Waals surface area contributed by atoms with Crippen molar-refractivity contribution in [1.29, 1.82) is 0 Å².